The van der Waals surface area contributed by atoms with Crippen LogP contribution in [0.2, 0.25) is 0 Å². The van der Waals surface area contributed by atoms with Gasteiger partial charge in [-0.25, -0.2) is 15.0 Å². The lowest BCUT2D eigenvalue weighted by atomic mass is 9.87. The predicted octanol–water partition coefficient (Wildman–Crippen LogP) is 3.65. The zero-order valence-electron chi connectivity index (χ0n) is 18.3. The van der Waals surface area contributed by atoms with Crippen molar-refractivity contribution >= 4 is 5.91 Å². The molecular formula is C22H24F3N7O. The van der Waals surface area contributed by atoms with Crippen LogP contribution in [0.1, 0.15) is 53.8 Å². The van der Waals surface area contributed by atoms with Crippen LogP contribution in [0.3, 0.4) is 0 Å². The van der Waals surface area contributed by atoms with Crippen molar-refractivity contribution in [1.82, 2.24) is 34.8 Å². The van der Waals surface area contributed by atoms with Gasteiger partial charge >= 0.3 is 6.18 Å². The number of aryl methyl sites for hydroxylation is 2. The van der Waals surface area contributed by atoms with Gasteiger partial charge in [-0.3, -0.25) is 4.79 Å². The van der Waals surface area contributed by atoms with Crippen LogP contribution in [-0.4, -0.2) is 53.3 Å². The number of carbonyl (C=O) groups excluding carboxylic acids is 1. The fourth-order valence-electron chi connectivity index (χ4n) is 4.19. The predicted molar refractivity (Wildman–Crippen MR) is 112 cm³/mol. The Bertz CT molecular complexity index is 1100. The van der Waals surface area contributed by atoms with E-state index in [-0.39, 0.29) is 23.6 Å². The number of pyridine rings is 1. The zero-order valence-corrected chi connectivity index (χ0v) is 18.3. The van der Waals surface area contributed by atoms with E-state index in [4.69, 9.17) is 0 Å². The highest BCUT2D eigenvalue weighted by atomic mass is 19.4. The summed E-state index contributed by atoms with van der Waals surface area (Å²) in [5.74, 6) is 0.326. The van der Waals surface area contributed by atoms with Crippen molar-refractivity contribution in [1.29, 1.82) is 0 Å². The van der Waals surface area contributed by atoms with Crippen molar-refractivity contribution < 1.29 is 18.0 Å². The molecule has 1 amide bonds. The van der Waals surface area contributed by atoms with E-state index >= 15 is 0 Å². The number of amides is 1. The fraction of sp³-hybridized carbons (Fsp3) is 0.455. The molecule has 1 aliphatic rings. The summed E-state index contributed by atoms with van der Waals surface area (Å²) < 4.78 is 38.3. The van der Waals surface area contributed by atoms with E-state index < -0.39 is 11.7 Å². The Morgan fingerprint density at radius 1 is 1.15 bits per heavy atom. The smallest absolute Gasteiger partial charge is 0.334 e. The summed E-state index contributed by atoms with van der Waals surface area (Å²) in [7, 11) is 0. The van der Waals surface area contributed by atoms with Crippen molar-refractivity contribution in [2.24, 2.45) is 5.92 Å². The molecule has 1 fully saturated rings. The average molecular weight is 459 g/mol. The number of aromatic nitrogens is 6. The van der Waals surface area contributed by atoms with Crippen molar-refractivity contribution in [3.8, 4) is 5.69 Å². The number of likely N-dealkylation sites (tertiary alicyclic amines) is 1. The lowest BCUT2D eigenvalue weighted by Gasteiger charge is -2.40. The first-order chi connectivity index (χ1) is 15.7. The number of carbonyl (C=O) groups is 1. The maximum atomic E-state index is 13.6. The molecule has 1 saturated heterocycles. The highest BCUT2D eigenvalue weighted by molar-refractivity contribution is 5.96. The molecule has 33 heavy (non-hydrogen) atoms. The molecule has 11 heteroatoms. The molecule has 0 aromatic carbocycles. The van der Waals surface area contributed by atoms with Crippen LogP contribution in [0.4, 0.5) is 13.2 Å². The van der Waals surface area contributed by atoms with E-state index in [1.807, 2.05) is 11.8 Å². The van der Waals surface area contributed by atoms with Crippen molar-refractivity contribution in [3.63, 3.8) is 0 Å². The highest BCUT2D eigenvalue weighted by Crippen LogP contribution is 2.30. The minimum absolute atomic E-state index is 0.113. The number of alkyl halides is 3. The monoisotopic (exact) mass is 459 g/mol. The molecule has 0 bridgehead atoms. The summed E-state index contributed by atoms with van der Waals surface area (Å²) in [5, 5.41) is 8.27. The van der Waals surface area contributed by atoms with Crippen LogP contribution in [0.15, 0.2) is 36.9 Å². The van der Waals surface area contributed by atoms with Crippen LogP contribution in [0.25, 0.3) is 5.69 Å². The quantitative estimate of drug-likeness (QED) is 0.579. The Balaban J connectivity index is 1.55. The van der Waals surface area contributed by atoms with E-state index in [1.54, 1.807) is 12.1 Å². The second-order valence-corrected chi connectivity index (χ2v) is 8.25. The van der Waals surface area contributed by atoms with Crippen LogP contribution >= 0.6 is 0 Å². The number of hydrogen-bond donors (Lipinski definition) is 0. The first-order valence-corrected chi connectivity index (χ1v) is 10.8. The summed E-state index contributed by atoms with van der Waals surface area (Å²) in [6, 6.07) is 3.46. The number of nitrogens with zero attached hydrogens (tertiary/aromatic N) is 7. The summed E-state index contributed by atoms with van der Waals surface area (Å²) in [6.45, 7) is 4.47. The Morgan fingerprint density at radius 3 is 2.52 bits per heavy atom. The summed E-state index contributed by atoms with van der Waals surface area (Å²) in [6.07, 6.45) is 2.92. The molecule has 4 heterocycles. The zero-order chi connectivity index (χ0) is 23.6. The highest BCUT2D eigenvalue weighted by Gasteiger charge is 2.35. The second kappa shape index (κ2) is 9.24. The van der Waals surface area contributed by atoms with E-state index in [2.05, 4.69) is 32.1 Å². The summed E-state index contributed by atoms with van der Waals surface area (Å²) in [5.41, 5.74) is 0.600. The molecule has 0 unspecified atom stereocenters. The topological polar surface area (TPSA) is 89.7 Å². The summed E-state index contributed by atoms with van der Waals surface area (Å²) >= 11 is 0. The number of piperidine rings is 1. The minimum Gasteiger partial charge on any atom is -0.334 e. The van der Waals surface area contributed by atoms with Gasteiger partial charge in [-0.15, -0.1) is 4.80 Å². The third-order valence-corrected chi connectivity index (χ3v) is 5.92. The van der Waals surface area contributed by atoms with E-state index in [1.165, 1.54) is 17.2 Å². The first-order valence-electron chi connectivity index (χ1n) is 10.8. The molecule has 3 aromatic heterocycles. The molecule has 0 saturated carbocycles. The molecular weight excluding hydrogens is 435 g/mol. The van der Waals surface area contributed by atoms with Crippen LogP contribution in [0.5, 0.6) is 0 Å². The van der Waals surface area contributed by atoms with Gasteiger partial charge in [0.1, 0.15) is 11.5 Å². The van der Waals surface area contributed by atoms with Crippen LogP contribution < -0.4 is 0 Å². The average Bonchev–Trinajstić information content (AvgIpc) is 3.32. The Hall–Kier alpha value is -3.37. The van der Waals surface area contributed by atoms with Crippen LogP contribution in [-0.2, 0) is 12.6 Å². The molecule has 0 radical (unpaired) electrons. The normalized spacial score (nSPS) is 19.0. The maximum absolute atomic E-state index is 13.6. The molecule has 1 aliphatic heterocycles. The molecule has 174 valence electrons. The van der Waals surface area contributed by atoms with Gasteiger partial charge < -0.3 is 4.90 Å². The number of hydrogen-bond acceptors (Lipinski definition) is 6. The largest absolute Gasteiger partial charge is 0.419 e. The first kappa shape index (κ1) is 22.8. The molecule has 0 aliphatic carbocycles. The van der Waals surface area contributed by atoms with Gasteiger partial charge in [-0.05, 0) is 44.2 Å². The second-order valence-electron chi connectivity index (χ2n) is 8.25. The van der Waals surface area contributed by atoms with Crippen molar-refractivity contribution in [3.05, 3.63) is 59.7 Å². The molecule has 0 N–H and O–H groups in total. The van der Waals surface area contributed by atoms with Gasteiger partial charge in [0.2, 0.25) is 0 Å². The lowest BCUT2D eigenvalue weighted by molar-refractivity contribution is -0.138. The fourth-order valence-corrected chi connectivity index (χ4v) is 4.19. The van der Waals surface area contributed by atoms with Gasteiger partial charge in [0.15, 0.2) is 5.69 Å². The van der Waals surface area contributed by atoms with E-state index in [9.17, 15) is 18.0 Å². The molecule has 2 atom stereocenters. The molecule has 8 nitrogen and oxygen atoms in total. The Kier molecular flexibility index (Phi) is 6.39. The van der Waals surface area contributed by atoms with E-state index in [0.29, 0.717) is 36.6 Å². The van der Waals surface area contributed by atoms with E-state index in [0.717, 1.165) is 25.2 Å². The molecule has 3 aromatic rings. The van der Waals surface area contributed by atoms with Crippen molar-refractivity contribution in [2.75, 3.05) is 6.54 Å². The maximum Gasteiger partial charge on any atom is 0.419 e. The standard InChI is InChI=1S/C22H24F3N7O/c1-14-4-3-11-31(17(14)7-8-19-26-12-16(13-27-19)22(23,24)25)21(33)20-18(6-5-15(2)30-20)32-28-9-10-29-32/h5-6,9-10,12-14,17H,3-4,7-8,11H2,1-2H3/t14-,17-/m1/s1. The third kappa shape index (κ3) is 5.01. The molecule has 4 rings (SSSR count). The minimum atomic E-state index is -4.47. The van der Waals surface area contributed by atoms with Crippen molar-refractivity contribution in [2.45, 2.75) is 51.7 Å². The molecule has 0 spiro atoms. The van der Waals surface area contributed by atoms with Gasteiger partial charge in [-0.2, -0.15) is 23.4 Å². The number of rotatable bonds is 5. The lowest BCUT2D eigenvalue weighted by Crippen LogP contribution is -2.48. The Labute approximate surface area is 188 Å². The third-order valence-electron chi connectivity index (χ3n) is 5.92. The Morgan fingerprint density at radius 2 is 1.85 bits per heavy atom. The van der Waals surface area contributed by atoms with Gasteiger partial charge in [0.25, 0.3) is 5.91 Å². The van der Waals surface area contributed by atoms with Crippen LogP contribution in [0, 0.1) is 12.8 Å². The van der Waals surface area contributed by atoms with Gasteiger partial charge in [-0.1, -0.05) is 6.92 Å². The summed E-state index contributed by atoms with van der Waals surface area (Å²) in [4.78, 5) is 29.1. The van der Waals surface area contributed by atoms with Gasteiger partial charge in [0.05, 0.1) is 18.0 Å². The number of halogens is 3. The SMILES string of the molecule is Cc1ccc(-n2nccn2)c(C(=O)N2CCC[C@@H](C)[C@H]2CCc2ncc(C(F)(F)F)cn2)n1. The van der Waals surface area contributed by atoms with Gasteiger partial charge in [0, 0.05) is 37.1 Å².